The Hall–Kier alpha value is -2.86. The van der Waals surface area contributed by atoms with Crippen LogP contribution in [0.15, 0.2) is 35.3 Å². The van der Waals surface area contributed by atoms with Crippen LogP contribution in [0, 0.1) is 13.8 Å². The van der Waals surface area contributed by atoms with Gasteiger partial charge in [-0.3, -0.25) is 14.3 Å². The summed E-state index contributed by atoms with van der Waals surface area (Å²) in [6, 6.07) is 7.33. The largest absolute Gasteiger partial charge is 0.348 e. The van der Waals surface area contributed by atoms with E-state index in [4.69, 9.17) is 11.6 Å². The predicted octanol–water partition coefficient (Wildman–Crippen LogP) is 3.93. The highest BCUT2D eigenvalue weighted by Gasteiger charge is 2.17. The van der Waals surface area contributed by atoms with Gasteiger partial charge < -0.3 is 10.3 Å². The Morgan fingerprint density at radius 3 is 2.69 bits per heavy atom. The molecule has 0 saturated heterocycles. The molecule has 6 nitrogen and oxygen atoms in total. The molecule has 0 spiro atoms. The second-order valence-corrected chi connectivity index (χ2v) is 7.62. The van der Waals surface area contributed by atoms with Gasteiger partial charge in [0.1, 0.15) is 0 Å². The number of halogens is 1. The van der Waals surface area contributed by atoms with Crippen LogP contribution in [-0.4, -0.2) is 20.7 Å². The van der Waals surface area contributed by atoms with Crippen LogP contribution in [0.4, 0.5) is 0 Å². The average molecular weight is 413 g/mol. The number of H-pyrrole nitrogens is 1. The number of carbonyl (C=O) groups excluding carboxylic acids is 1. The summed E-state index contributed by atoms with van der Waals surface area (Å²) in [5.41, 5.74) is 5.23. The van der Waals surface area contributed by atoms with Crippen molar-refractivity contribution in [1.82, 2.24) is 20.1 Å². The van der Waals surface area contributed by atoms with E-state index in [-0.39, 0.29) is 18.0 Å². The SMILES string of the molecule is CCCc1cc(C)[nH]c(=O)c1CNC(=O)c1cc(Cl)cc(-c2ccnn2C)c1C. The zero-order valence-electron chi connectivity index (χ0n) is 17.1. The Labute approximate surface area is 174 Å². The third-order valence-electron chi connectivity index (χ3n) is 5.02. The molecule has 2 N–H and O–H groups in total. The lowest BCUT2D eigenvalue weighted by molar-refractivity contribution is 0.0950. The molecule has 1 amide bonds. The molecule has 0 radical (unpaired) electrons. The zero-order chi connectivity index (χ0) is 21.1. The lowest BCUT2D eigenvalue weighted by Gasteiger charge is -2.14. The number of nitrogens with one attached hydrogen (secondary N) is 2. The Balaban J connectivity index is 1.91. The number of rotatable bonds is 6. The van der Waals surface area contributed by atoms with E-state index in [1.165, 1.54) is 0 Å². The van der Waals surface area contributed by atoms with Crippen LogP contribution in [-0.2, 0) is 20.0 Å². The number of nitrogens with zero attached hydrogens (tertiary/aromatic N) is 2. The highest BCUT2D eigenvalue weighted by Crippen LogP contribution is 2.29. The predicted molar refractivity (Wildman–Crippen MR) is 115 cm³/mol. The number of hydrogen-bond donors (Lipinski definition) is 2. The summed E-state index contributed by atoms with van der Waals surface area (Å²) in [5.74, 6) is -0.268. The van der Waals surface area contributed by atoms with Crippen molar-refractivity contribution < 1.29 is 4.79 Å². The quantitative estimate of drug-likeness (QED) is 0.643. The van der Waals surface area contributed by atoms with Gasteiger partial charge in [-0.1, -0.05) is 24.9 Å². The van der Waals surface area contributed by atoms with Gasteiger partial charge in [0.15, 0.2) is 0 Å². The molecule has 3 rings (SSSR count). The van der Waals surface area contributed by atoms with Crippen molar-refractivity contribution in [1.29, 1.82) is 0 Å². The van der Waals surface area contributed by atoms with Crippen molar-refractivity contribution in [2.45, 2.75) is 40.2 Å². The Morgan fingerprint density at radius 1 is 1.28 bits per heavy atom. The normalized spacial score (nSPS) is 10.9. The maximum atomic E-state index is 12.9. The molecular formula is C22H25ClN4O2. The molecule has 1 aromatic carbocycles. The van der Waals surface area contributed by atoms with E-state index in [1.807, 2.05) is 39.1 Å². The molecule has 29 heavy (non-hydrogen) atoms. The molecule has 0 saturated carbocycles. The molecule has 0 bridgehead atoms. The fourth-order valence-corrected chi connectivity index (χ4v) is 3.77. The Bertz CT molecular complexity index is 1110. The van der Waals surface area contributed by atoms with Crippen molar-refractivity contribution in [3.63, 3.8) is 0 Å². The van der Waals surface area contributed by atoms with E-state index in [0.717, 1.165) is 40.9 Å². The molecule has 0 fully saturated rings. The van der Waals surface area contributed by atoms with Gasteiger partial charge in [-0.05, 0) is 55.7 Å². The molecule has 0 unspecified atom stereocenters. The summed E-state index contributed by atoms with van der Waals surface area (Å²) >= 11 is 6.30. The molecule has 3 aromatic rings. The average Bonchev–Trinajstić information content (AvgIpc) is 3.08. The summed E-state index contributed by atoms with van der Waals surface area (Å²) in [7, 11) is 1.84. The van der Waals surface area contributed by atoms with Crippen LogP contribution < -0.4 is 10.9 Å². The minimum Gasteiger partial charge on any atom is -0.348 e. The fourth-order valence-electron chi connectivity index (χ4n) is 3.55. The van der Waals surface area contributed by atoms with Gasteiger partial charge in [-0.15, -0.1) is 0 Å². The number of aromatic amines is 1. The van der Waals surface area contributed by atoms with E-state index in [9.17, 15) is 9.59 Å². The Morgan fingerprint density at radius 2 is 2.03 bits per heavy atom. The van der Waals surface area contributed by atoms with Crippen molar-refractivity contribution in [3.05, 3.63) is 73.8 Å². The number of benzene rings is 1. The van der Waals surface area contributed by atoms with Gasteiger partial charge in [-0.25, -0.2) is 0 Å². The van der Waals surface area contributed by atoms with Crippen molar-refractivity contribution in [2.24, 2.45) is 7.05 Å². The fraction of sp³-hybridized carbons (Fsp3) is 0.318. The van der Waals surface area contributed by atoms with E-state index in [2.05, 4.69) is 22.3 Å². The maximum absolute atomic E-state index is 12.9. The molecular weight excluding hydrogens is 388 g/mol. The van der Waals surface area contributed by atoms with Crippen LogP contribution >= 0.6 is 11.6 Å². The first-order valence-corrected chi connectivity index (χ1v) is 9.98. The highest BCUT2D eigenvalue weighted by molar-refractivity contribution is 6.31. The van der Waals surface area contributed by atoms with Crippen LogP contribution in [0.3, 0.4) is 0 Å². The molecule has 0 aliphatic rings. The van der Waals surface area contributed by atoms with E-state index >= 15 is 0 Å². The molecule has 2 aromatic heterocycles. The minimum atomic E-state index is -0.268. The number of amides is 1. The van der Waals surface area contributed by atoms with Crippen LogP contribution in [0.5, 0.6) is 0 Å². The number of pyridine rings is 1. The second-order valence-electron chi connectivity index (χ2n) is 7.18. The second kappa shape index (κ2) is 8.66. The van der Waals surface area contributed by atoms with Gasteiger partial charge in [-0.2, -0.15) is 5.10 Å². The first kappa shape index (κ1) is 20.9. The molecule has 0 aliphatic carbocycles. The number of hydrogen-bond acceptors (Lipinski definition) is 3. The third-order valence-corrected chi connectivity index (χ3v) is 5.24. The number of aromatic nitrogens is 3. The maximum Gasteiger partial charge on any atom is 0.253 e. The van der Waals surface area contributed by atoms with Crippen LogP contribution in [0.25, 0.3) is 11.3 Å². The smallest absolute Gasteiger partial charge is 0.253 e. The van der Waals surface area contributed by atoms with Crippen molar-refractivity contribution in [2.75, 3.05) is 0 Å². The molecule has 0 aliphatic heterocycles. The summed E-state index contributed by atoms with van der Waals surface area (Å²) in [6.07, 6.45) is 3.41. The first-order valence-electron chi connectivity index (χ1n) is 9.60. The van der Waals surface area contributed by atoms with E-state index < -0.39 is 0 Å². The van der Waals surface area contributed by atoms with Gasteiger partial charge in [0.05, 0.1) is 5.69 Å². The number of aryl methyl sites for hydroxylation is 3. The monoisotopic (exact) mass is 412 g/mol. The third kappa shape index (κ3) is 4.43. The van der Waals surface area contributed by atoms with Crippen molar-refractivity contribution in [3.8, 4) is 11.3 Å². The van der Waals surface area contributed by atoms with Gasteiger partial charge in [0.25, 0.3) is 11.5 Å². The lowest BCUT2D eigenvalue weighted by atomic mass is 9.99. The minimum absolute atomic E-state index is 0.160. The standard InChI is InChI=1S/C22H25ClN4O2/c1-5-6-15-9-13(2)26-22(29)19(15)12-24-21(28)18-11-16(23)10-17(14(18)3)20-7-8-25-27(20)4/h7-11H,5-6,12H2,1-4H3,(H,24,28)(H,26,29). The highest BCUT2D eigenvalue weighted by atomic mass is 35.5. The Kier molecular flexibility index (Phi) is 6.23. The summed E-state index contributed by atoms with van der Waals surface area (Å²) in [6.45, 7) is 5.97. The summed E-state index contributed by atoms with van der Waals surface area (Å²) in [4.78, 5) is 28.2. The summed E-state index contributed by atoms with van der Waals surface area (Å²) < 4.78 is 1.74. The van der Waals surface area contributed by atoms with Gasteiger partial charge in [0.2, 0.25) is 0 Å². The molecule has 2 heterocycles. The number of carbonyl (C=O) groups is 1. The van der Waals surface area contributed by atoms with Crippen molar-refractivity contribution >= 4 is 17.5 Å². The van der Waals surface area contributed by atoms with Gasteiger partial charge >= 0.3 is 0 Å². The van der Waals surface area contributed by atoms with Gasteiger partial charge in [0, 0.05) is 47.2 Å². The first-order chi connectivity index (χ1) is 13.8. The lowest BCUT2D eigenvalue weighted by Crippen LogP contribution is -2.29. The van der Waals surface area contributed by atoms with E-state index in [0.29, 0.717) is 16.1 Å². The molecule has 7 heteroatoms. The summed E-state index contributed by atoms with van der Waals surface area (Å²) in [5, 5.41) is 7.55. The molecule has 0 atom stereocenters. The molecule has 152 valence electrons. The topological polar surface area (TPSA) is 79.8 Å². The van der Waals surface area contributed by atoms with E-state index in [1.54, 1.807) is 16.9 Å². The van der Waals surface area contributed by atoms with Crippen LogP contribution in [0.2, 0.25) is 5.02 Å². The zero-order valence-corrected chi connectivity index (χ0v) is 17.9. The van der Waals surface area contributed by atoms with Crippen LogP contribution in [0.1, 0.15) is 46.1 Å².